The number of ether oxygens (including phenoxy) is 1. The fourth-order valence-electron chi connectivity index (χ4n) is 0.288. The first-order valence-electron chi connectivity index (χ1n) is 2.53. The average Bonchev–Trinajstić information content (AvgIpc) is 1.61. The van der Waals surface area contributed by atoms with E-state index in [0.29, 0.717) is 13.2 Å². The van der Waals surface area contributed by atoms with Crippen LogP contribution in [0.1, 0.15) is 13.8 Å². The molecule has 0 saturated heterocycles. The summed E-state index contributed by atoms with van der Waals surface area (Å²) in [5, 5.41) is 8.56. The fraction of sp³-hybridized carbons (Fsp3) is 1.00. The van der Waals surface area contributed by atoms with Crippen molar-refractivity contribution >= 4 is 0 Å². The maximum Gasteiger partial charge on any atom is 0.0745 e. The van der Waals surface area contributed by atoms with Gasteiger partial charge in [0.1, 0.15) is 0 Å². The average molecular weight is 104 g/mol. The normalized spacial score (nSPS) is 14.1. The molecule has 0 unspecified atom stereocenters. The van der Waals surface area contributed by atoms with Gasteiger partial charge in [-0.1, -0.05) is 0 Å². The molecule has 0 aromatic carbocycles. The van der Waals surface area contributed by atoms with Crippen LogP contribution in [0.15, 0.2) is 0 Å². The number of hydrogen-bond donors (Lipinski definition) is 1. The maximum atomic E-state index is 8.56. The molecule has 2 heteroatoms. The van der Waals surface area contributed by atoms with E-state index in [0.717, 1.165) is 0 Å². The van der Waals surface area contributed by atoms with E-state index in [4.69, 9.17) is 9.84 Å². The van der Waals surface area contributed by atoms with E-state index in [9.17, 15) is 0 Å². The fourth-order valence-corrected chi connectivity index (χ4v) is 0.288. The molecule has 1 atom stereocenters. The van der Waals surface area contributed by atoms with Gasteiger partial charge >= 0.3 is 0 Å². The van der Waals surface area contributed by atoms with Crippen LogP contribution in [0, 0.1) is 0 Å². The van der Waals surface area contributed by atoms with Crippen molar-refractivity contribution in [2.24, 2.45) is 0 Å². The topological polar surface area (TPSA) is 29.5 Å². The molecule has 0 saturated carbocycles. The van der Waals surface area contributed by atoms with Crippen molar-refractivity contribution in [1.29, 1.82) is 0 Å². The van der Waals surface area contributed by atoms with E-state index < -0.39 is 0 Å². The van der Waals surface area contributed by atoms with Crippen molar-refractivity contribution in [2.45, 2.75) is 20.0 Å². The number of aliphatic hydroxyl groups excluding tert-OH is 1. The number of aliphatic hydroxyl groups is 1. The highest BCUT2D eigenvalue weighted by molar-refractivity contribution is 4.38. The minimum Gasteiger partial charge on any atom is -0.391 e. The van der Waals surface area contributed by atoms with Gasteiger partial charge in [-0.05, 0) is 13.8 Å². The lowest BCUT2D eigenvalue weighted by molar-refractivity contribution is 0.0527. The quantitative estimate of drug-likeness (QED) is 0.561. The van der Waals surface area contributed by atoms with Gasteiger partial charge in [0.25, 0.3) is 0 Å². The van der Waals surface area contributed by atoms with Crippen LogP contribution < -0.4 is 0 Å². The van der Waals surface area contributed by atoms with Crippen molar-refractivity contribution < 1.29 is 9.84 Å². The molecule has 0 spiro atoms. The van der Waals surface area contributed by atoms with E-state index in [1.165, 1.54) is 0 Å². The molecule has 7 heavy (non-hydrogen) atoms. The summed E-state index contributed by atoms with van der Waals surface area (Å²) in [6.45, 7) is 4.75. The molecule has 0 aliphatic heterocycles. The minimum absolute atomic E-state index is 0.319. The Balaban J connectivity index is 2.68. The molecule has 44 valence electrons. The molecule has 0 amide bonds. The van der Waals surface area contributed by atoms with E-state index in [-0.39, 0.29) is 6.10 Å². The third-order valence-corrected chi connectivity index (χ3v) is 0.563. The number of rotatable bonds is 3. The highest BCUT2D eigenvalue weighted by Gasteiger charge is 1.89. The van der Waals surface area contributed by atoms with Crippen molar-refractivity contribution in [3.8, 4) is 0 Å². The van der Waals surface area contributed by atoms with Crippen molar-refractivity contribution in [1.82, 2.24) is 0 Å². The Kier molecular flexibility index (Phi) is 4.04. The van der Waals surface area contributed by atoms with E-state index in [1.807, 2.05) is 6.92 Å². The molecule has 0 rings (SSSR count). The Morgan fingerprint density at radius 3 is 2.43 bits per heavy atom. The van der Waals surface area contributed by atoms with Crippen LogP contribution in [0.3, 0.4) is 0 Å². The zero-order valence-corrected chi connectivity index (χ0v) is 4.85. The van der Waals surface area contributed by atoms with Crippen molar-refractivity contribution in [3.05, 3.63) is 0 Å². The first kappa shape index (κ1) is 6.92. The van der Waals surface area contributed by atoms with Crippen LogP contribution in [0.2, 0.25) is 0 Å². The lowest BCUT2D eigenvalue weighted by Gasteiger charge is -2.00. The van der Waals surface area contributed by atoms with Gasteiger partial charge in [0.15, 0.2) is 0 Å². The van der Waals surface area contributed by atoms with Crippen LogP contribution in [0.25, 0.3) is 0 Å². The zero-order chi connectivity index (χ0) is 5.70. The van der Waals surface area contributed by atoms with Gasteiger partial charge in [0.05, 0.1) is 12.7 Å². The zero-order valence-electron chi connectivity index (χ0n) is 4.85. The summed E-state index contributed by atoms with van der Waals surface area (Å²) in [6.07, 6.45) is -0.319. The lowest BCUT2D eigenvalue weighted by Crippen LogP contribution is -2.09. The van der Waals surface area contributed by atoms with Crippen LogP contribution in [-0.2, 0) is 4.74 Å². The summed E-state index contributed by atoms with van der Waals surface area (Å²) in [5.74, 6) is 0. The molecule has 2 nitrogen and oxygen atoms in total. The van der Waals surface area contributed by atoms with E-state index in [1.54, 1.807) is 6.92 Å². The van der Waals surface area contributed by atoms with Gasteiger partial charge in [-0.3, -0.25) is 0 Å². The Labute approximate surface area is 44.1 Å². The second-order valence-corrected chi connectivity index (χ2v) is 1.51. The maximum absolute atomic E-state index is 8.56. The van der Waals surface area contributed by atoms with Crippen LogP contribution in [0.5, 0.6) is 0 Å². The van der Waals surface area contributed by atoms with Gasteiger partial charge in [-0.25, -0.2) is 0 Å². The van der Waals surface area contributed by atoms with Gasteiger partial charge in [-0.2, -0.15) is 0 Å². The summed E-state index contributed by atoms with van der Waals surface area (Å²) in [5.41, 5.74) is 0. The van der Waals surface area contributed by atoms with Gasteiger partial charge < -0.3 is 9.84 Å². The molecule has 0 bridgehead atoms. The Hall–Kier alpha value is -0.0800. The summed E-state index contributed by atoms with van der Waals surface area (Å²) < 4.78 is 4.84. The minimum atomic E-state index is -0.319. The molecule has 0 heterocycles. The SMILES string of the molecule is CCOC[C@@H](C)O. The molecule has 0 aromatic heterocycles. The second kappa shape index (κ2) is 4.09. The van der Waals surface area contributed by atoms with Gasteiger partial charge in [-0.15, -0.1) is 0 Å². The predicted octanol–water partition coefficient (Wildman–Crippen LogP) is 0.404. The smallest absolute Gasteiger partial charge is 0.0745 e. The third-order valence-electron chi connectivity index (χ3n) is 0.563. The molecule has 0 aromatic rings. The van der Waals surface area contributed by atoms with Crippen LogP contribution in [0.4, 0.5) is 0 Å². The van der Waals surface area contributed by atoms with E-state index in [2.05, 4.69) is 0 Å². The monoisotopic (exact) mass is 104 g/mol. The molecule has 0 aliphatic carbocycles. The Bertz CT molecular complexity index is 35.1. The summed E-state index contributed by atoms with van der Waals surface area (Å²) in [7, 11) is 0. The molecule has 0 aliphatic rings. The highest BCUT2D eigenvalue weighted by Crippen LogP contribution is 1.79. The molecule has 0 fully saturated rings. The number of hydrogen-bond acceptors (Lipinski definition) is 2. The Morgan fingerprint density at radius 1 is 1.71 bits per heavy atom. The summed E-state index contributed by atoms with van der Waals surface area (Å²) in [6, 6.07) is 0. The molecule has 1 N–H and O–H groups in total. The summed E-state index contributed by atoms with van der Waals surface area (Å²) >= 11 is 0. The highest BCUT2D eigenvalue weighted by atomic mass is 16.5. The first-order chi connectivity index (χ1) is 3.27. The summed E-state index contributed by atoms with van der Waals surface area (Å²) in [4.78, 5) is 0. The van der Waals surface area contributed by atoms with Crippen molar-refractivity contribution in [2.75, 3.05) is 13.2 Å². The molecule has 0 radical (unpaired) electrons. The third kappa shape index (κ3) is 5.92. The molecular formula is C5H12O2. The standard InChI is InChI=1S/C5H12O2/c1-3-7-4-5(2)6/h5-6H,3-4H2,1-2H3/t5-/m1/s1. The molecular weight excluding hydrogens is 92.1 g/mol. The van der Waals surface area contributed by atoms with Crippen molar-refractivity contribution in [3.63, 3.8) is 0 Å². The predicted molar refractivity (Wildman–Crippen MR) is 28.2 cm³/mol. The first-order valence-corrected chi connectivity index (χ1v) is 2.53. The van der Waals surface area contributed by atoms with E-state index >= 15 is 0 Å². The largest absolute Gasteiger partial charge is 0.391 e. The van der Waals surface area contributed by atoms with Crippen LogP contribution >= 0.6 is 0 Å². The van der Waals surface area contributed by atoms with Gasteiger partial charge in [0, 0.05) is 6.61 Å². The van der Waals surface area contributed by atoms with Gasteiger partial charge in [0.2, 0.25) is 0 Å². The second-order valence-electron chi connectivity index (χ2n) is 1.51. The lowest BCUT2D eigenvalue weighted by atomic mass is 10.4. The van der Waals surface area contributed by atoms with Crippen LogP contribution in [-0.4, -0.2) is 24.4 Å². The Morgan fingerprint density at radius 2 is 2.29 bits per heavy atom.